The first-order valence-corrected chi connectivity index (χ1v) is 13.1. The molecule has 35 heavy (non-hydrogen) atoms. The lowest BCUT2D eigenvalue weighted by atomic mass is 9.98. The zero-order chi connectivity index (χ0) is 24.9. The van der Waals surface area contributed by atoms with E-state index in [1.165, 1.54) is 0 Å². The third kappa shape index (κ3) is 5.62. The molecule has 1 atom stereocenters. The smallest absolute Gasteiger partial charge is 0.290 e. The Balaban J connectivity index is 1.73. The van der Waals surface area contributed by atoms with Gasteiger partial charge in [0, 0.05) is 17.6 Å². The first-order valence-electron chi connectivity index (χ1n) is 12.3. The number of unbranched alkanes of at least 4 members (excludes halogenated alkanes) is 2. The van der Waals surface area contributed by atoms with E-state index < -0.39 is 6.04 Å². The molecular weight excluding hydrogens is 510 g/mol. The molecule has 1 aliphatic rings. The van der Waals surface area contributed by atoms with Crippen LogP contribution in [0.5, 0.6) is 5.75 Å². The molecule has 7 heteroatoms. The van der Waals surface area contributed by atoms with Gasteiger partial charge in [-0.05, 0) is 62.6 Å². The van der Waals surface area contributed by atoms with Gasteiger partial charge in [0.05, 0.1) is 29.7 Å². The topological polar surface area (TPSA) is 69.0 Å². The van der Waals surface area contributed by atoms with Crippen LogP contribution in [-0.2, 0) is 4.74 Å². The first-order chi connectivity index (χ1) is 16.9. The molecular formula is C28H32BrNO5. The standard InChI is InChI=1S/C28H32BrNO5/c1-4-5-6-14-34-21-10-7-9-19(16-21)25-24-26(31)22-17-20(29)11-12-23(22)35-27(24)28(32)30(25)13-8-15-33-18(2)3/h7,9-12,16-18,25H,4-6,8,13-15H2,1-3H3. The van der Waals surface area contributed by atoms with E-state index in [0.29, 0.717) is 42.7 Å². The van der Waals surface area contributed by atoms with E-state index in [0.717, 1.165) is 35.0 Å². The maximum Gasteiger partial charge on any atom is 0.290 e. The van der Waals surface area contributed by atoms with Crippen LogP contribution in [0.4, 0.5) is 0 Å². The van der Waals surface area contributed by atoms with Gasteiger partial charge in [-0.3, -0.25) is 9.59 Å². The van der Waals surface area contributed by atoms with Crippen molar-refractivity contribution >= 4 is 32.8 Å². The minimum Gasteiger partial charge on any atom is -0.494 e. The highest BCUT2D eigenvalue weighted by Gasteiger charge is 2.42. The van der Waals surface area contributed by atoms with E-state index >= 15 is 0 Å². The van der Waals surface area contributed by atoms with Gasteiger partial charge in [-0.1, -0.05) is 47.8 Å². The molecule has 0 N–H and O–H groups in total. The van der Waals surface area contributed by atoms with Crippen molar-refractivity contribution in [2.24, 2.45) is 0 Å². The van der Waals surface area contributed by atoms with Gasteiger partial charge >= 0.3 is 0 Å². The number of hydrogen-bond donors (Lipinski definition) is 0. The molecule has 186 valence electrons. The largest absolute Gasteiger partial charge is 0.494 e. The van der Waals surface area contributed by atoms with Crippen molar-refractivity contribution in [3.8, 4) is 5.75 Å². The summed E-state index contributed by atoms with van der Waals surface area (Å²) in [6.45, 7) is 7.73. The number of rotatable bonds is 11. The lowest BCUT2D eigenvalue weighted by Crippen LogP contribution is -2.31. The maximum atomic E-state index is 13.7. The minimum atomic E-state index is -0.546. The van der Waals surface area contributed by atoms with Crippen molar-refractivity contribution < 1.29 is 18.7 Å². The number of halogens is 1. The van der Waals surface area contributed by atoms with Crippen molar-refractivity contribution in [2.75, 3.05) is 19.8 Å². The highest BCUT2D eigenvalue weighted by Crippen LogP contribution is 2.39. The molecule has 0 spiro atoms. The van der Waals surface area contributed by atoms with Crippen LogP contribution in [0.15, 0.2) is 56.1 Å². The van der Waals surface area contributed by atoms with Crippen molar-refractivity contribution in [2.45, 2.75) is 58.6 Å². The molecule has 1 aromatic heterocycles. The van der Waals surface area contributed by atoms with E-state index in [4.69, 9.17) is 13.9 Å². The fraction of sp³-hybridized carbons (Fsp3) is 0.429. The van der Waals surface area contributed by atoms with Crippen LogP contribution in [0.25, 0.3) is 11.0 Å². The number of hydrogen-bond acceptors (Lipinski definition) is 5. The third-order valence-electron chi connectivity index (χ3n) is 6.11. The van der Waals surface area contributed by atoms with Crippen LogP contribution >= 0.6 is 15.9 Å². The monoisotopic (exact) mass is 541 g/mol. The van der Waals surface area contributed by atoms with Gasteiger partial charge in [-0.15, -0.1) is 0 Å². The fourth-order valence-corrected chi connectivity index (χ4v) is 4.80. The Bertz CT molecular complexity index is 1250. The Kier molecular flexibility index (Phi) is 8.29. The number of amides is 1. The molecule has 0 radical (unpaired) electrons. The Labute approximate surface area is 214 Å². The first kappa shape index (κ1) is 25.5. The second-order valence-electron chi connectivity index (χ2n) is 9.12. The molecule has 0 saturated heterocycles. The molecule has 0 bridgehead atoms. The SMILES string of the molecule is CCCCCOc1cccc(C2c3c(oc4ccc(Br)cc4c3=O)C(=O)N2CCCOC(C)C)c1. The van der Waals surface area contributed by atoms with Crippen LogP contribution in [0.1, 0.15) is 74.2 Å². The lowest BCUT2D eigenvalue weighted by Gasteiger charge is -2.25. The molecule has 0 aliphatic carbocycles. The van der Waals surface area contributed by atoms with Crippen LogP contribution < -0.4 is 10.2 Å². The Morgan fingerprint density at radius 1 is 1.06 bits per heavy atom. The predicted octanol–water partition coefficient (Wildman–Crippen LogP) is 6.48. The zero-order valence-corrected chi connectivity index (χ0v) is 22.1. The predicted molar refractivity (Wildman–Crippen MR) is 140 cm³/mol. The van der Waals surface area contributed by atoms with Gasteiger partial charge < -0.3 is 18.8 Å². The third-order valence-corrected chi connectivity index (χ3v) is 6.61. The van der Waals surface area contributed by atoms with Gasteiger partial charge in [0.2, 0.25) is 5.76 Å². The van der Waals surface area contributed by atoms with Gasteiger partial charge in [0.25, 0.3) is 5.91 Å². The summed E-state index contributed by atoms with van der Waals surface area (Å²) in [6.07, 6.45) is 3.99. The van der Waals surface area contributed by atoms with Crippen LogP contribution in [0.2, 0.25) is 0 Å². The number of fused-ring (bicyclic) bond motifs is 2. The average molecular weight is 542 g/mol. The van der Waals surface area contributed by atoms with Gasteiger partial charge in [-0.2, -0.15) is 0 Å². The number of nitrogens with zero attached hydrogens (tertiary/aromatic N) is 1. The molecule has 0 saturated carbocycles. The lowest BCUT2D eigenvalue weighted by molar-refractivity contribution is 0.0593. The molecule has 0 fully saturated rings. The molecule has 6 nitrogen and oxygen atoms in total. The van der Waals surface area contributed by atoms with Crippen molar-refractivity contribution in [1.29, 1.82) is 0 Å². The van der Waals surface area contributed by atoms with E-state index in [1.54, 1.807) is 23.1 Å². The summed E-state index contributed by atoms with van der Waals surface area (Å²) in [6, 6.07) is 12.4. The number of benzene rings is 2. The van der Waals surface area contributed by atoms with Crippen molar-refractivity contribution in [3.05, 3.63) is 74.0 Å². The summed E-state index contributed by atoms with van der Waals surface area (Å²) in [4.78, 5) is 28.9. The normalized spacial score (nSPS) is 15.3. The maximum absolute atomic E-state index is 13.7. The van der Waals surface area contributed by atoms with E-state index in [-0.39, 0.29) is 23.2 Å². The second kappa shape index (κ2) is 11.4. The average Bonchev–Trinajstić information content (AvgIpc) is 3.12. The minimum absolute atomic E-state index is 0.116. The van der Waals surface area contributed by atoms with Crippen molar-refractivity contribution in [3.63, 3.8) is 0 Å². The summed E-state index contributed by atoms with van der Waals surface area (Å²) < 4.78 is 18.5. The van der Waals surface area contributed by atoms with Gasteiger partial charge in [0.15, 0.2) is 5.43 Å². The molecule has 1 aliphatic heterocycles. The Morgan fingerprint density at radius 2 is 1.89 bits per heavy atom. The van der Waals surface area contributed by atoms with E-state index in [2.05, 4.69) is 22.9 Å². The van der Waals surface area contributed by atoms with Gasteiger partial charge in [-0.25, -0.2) is 0 Å². The Morgan fingerprint density at radius 3 is 2.66 bits per heavy atom. The molecule has 1 amide bonds. The number of ether oxygens (including phenoxy) is 2. The van der Waals surface area contributed by atoms with E-state index in [1.807, 2.05) is 38.1 Å². The molecule has 3 aromatic rings. The highest BCUT2D eigenvalue weighted by molar-refractivity contribution is 9.10. The van der Waals surface area contributed by atoms with E-state index in [9.17, 15) is 9.59 Å². The number of carbonyl (C=O) groups excluding carboxylic acids is 1. The summed E-state index contributed by atoms with van der Waals surface area (Å²) in [7, 11) is 0. The van der Waals surface area contributed by atoms with Crippen LogP contribution in [0, 0.1) is 0 Å². The highest BCUT2D eigenvalue weighted by atomic mass is 79.9. The quantitative estimate of drug-likeness (QED) is 0.259. The summed E-state index contributed by atoms with van der Waals surface area (Å²) >= 11 is 3.44. The fourth-order valence-electron chi connectivity index (χ4n) is 4.44. The molecule has 2 aromatic carbocycles. The Hall–Kier alpha value is -2.64. The van der Waals surface area contributed by atoms with Crippen molar-refractivity contribution in [1.82, 2.24) is 4.90 Å². The molecule has 1 unspecified atom stereocenters. The molecule has 2 heterocycles. The van der Waals surface area contributed by atoms with Crippen LogP contribution in [-0.4, -0.2) is 36.7 Å². The van der Waals surface area contributed by atoms with Gasteiger partial charge in [0.1, 0.15) is 11.3 Å². The second-order valence-corrected chi connectivity index (χ2v) is 10.0. The summed E-state index contributed by atoms with van der Waals surface area (Å²) in [5.74, 6) is 0.579. The van der Waals surface area contributed by atoms with Crippen LogP contribution in [0.3, 0.4) is 0 Å². The number of carbonyl (C=O) groups is 1. The summed E-state index contributed by atoms with van der Waals surface area (Å²) in [5, 5.41) is 0.452. The summed E-state index contributed by atoms with van der Waals surface area (Å²) in [5.41, 5.74) is 1.43. The zero-order valence-electron chi connectivity index (χ0n) is 20.5. The molecule has 4 rings (SSSR count).